The minimum atomic E-state index is -0.688. The number of carbonyl (C=O) groups is 3. The standard InChI is InChI=1S/C30H39FN2O5/c1-5-37-29(36)26(17-11-21-9-7-6-8-10-21)32-25-18-14-23(22-12-15-24(31)16-13-22)19-33(28(25)35)20-27(34)38-30(2,3)4/h6-10,12-13,15-16,23,25-26,32H,5,11,14,17-20H2,1-4H3/t23-,25-,26+/m1/s1. The molecule has 0 unspecified atom stereocenters. The average molecular weight is 527 g/mol. The van der Waals surface area contributed by atoms with Gasteiger partial charge in [0, 0.05) is 12.5 Å². The van der Waals surface area contributed by atoms with Crippen molar-refractivity contribution in [2.75, 3.05) is 19.7 Å². The number of amides is 1. The van der Waals surface area contributed by atoms with Crippen molar-refractivity contribution in [2.24, 2.45) is 0 Å². The normalized spacial score (nSPS) is 19.0. The van der Waals surface area contributed by atoms with E-state index in [0.717, 1.165) is 11.1 Å². The summed E-state index contributed by atoms with van der Waals surface area (Å²) in [4.78, 5) is 40.7. The number of ether oxygens (including phenoxy) is 2. The second kappa shape index (κ2) is 13.5. The molecule has 3 rings (SSSR count). The highest BCUT2D eigenvalue weighted by molar-refractivity contribution is 5.87. The second-order valence-electron chi connectivity index (χ2n) is 10.7. The van der Waals surface area contributed by atoms with Gasteiger partial charge in [-0.3, -0.25) is 19.7 Å². The summed E-state index contributed by atoms with van der Waals surface area (Å²) < 4.78 is 24.4. The van der Waals surface area contributed by atoms with Crippen molar-refractivity contribution in [3.63, 3.8) is 0 Å². The number of halogens is 1. The summed E-state index contributed by atoms with van der Waals surface area (Å²) in [6, 6.07) is 14.7. The van der Waals surface area contributed by atoms with Crippen LogP contribution in [-0.4, -0.2) is 60.1 Å². The maximum absolute atomic E-state index is 13.7. The van der Waals surface area contributed by atoms with Crippen LogP contribution in [0.25, 0.3) is 0 Å². The van der Waals surface area contributed by atoms with E-state index in [0.29, 0.717) is 25.7 Å². The zero-order valence-electron chi connectivity index (χ0n) is 22.7. The van der Waals surface area contributed by atoms with Crippen molar-refractivity contribution in [2.45, 2.75) is 77.0 Å². The molecule has 1 N–H and O–H groups in total. The Morgan fingerprint density at radius 1 is 1.08 bits per heavy atom. The van der Waals surface area contributed by atoms with Gasteiger partial charge in [0.25, 0.3) is 0 Å². The van der Waals surface area contributed by atoms with Crippen molar-refractivity contribution in [3.05, 3.63) is 71.5 Å². The summed E-state index contributed by atoms with van der Waals surface area (Å²) in [6.07, 6.45) is 2.17. The molecule has 0 aliphatic carbocycles. The molecule has 1 heterocycles. The highest BCUT2D eigenvalue weighted by atomic mass is 19.1. The third-order valence-electron chi connectivity index (χ3n) is 6.47. The van der Waals surface area contributed by atoms with Gasteiger partial charge in [0.2, 0.25) is 5.91 Å². The van der Waals surface area contributed by atoms with Crippen LogP contribution in [0.1, 0.15) is 64.0 Å². The lowest BCUT2D eigenvalue weighted by molar-refractivity contribution is -0.159. The van der Waals surface area contributed by atoms with E-state index in [4.69, 9.17) is 9.47 Å². The summed E-state index contributed by atoms with van der Waals surface area (Å²) in [7, 11) is 0. The number of likely N-dealkylation sites (tertiary alicyclic amines) is 1. The van der Waals surface area contributed by atoms with Crippen LogP contribution in [0, 0.1) is 5.82 Å². The van der Waals surface area contributed by atoms with E-state index in [-0.39, 0.29) is 37.3 Å². The van der Waals surface area contributed by atoms with Crippen LogP contribution in [0.5, 0.6) is 0 Å². The lowest BCUT2D eigenvalue weighted by atomic mass is 9.93. The number of aryl methyl sites for hydroxylation is 1. The lowest BCUT2D eigenvalue weighted by Crippen LogP contribution is -2.53. The van der Waals surface area contributed by atoms with Gasteiger partial charge < -0.3 is 14.4 Å². The summed E-state index contributed by atoms with van der Waals surface area (Å²) >= 11 is 0. The van der Waals surface area contributed by atoms with Crippen molar-refractivity contribution in [1.82, 2.24) is 10.2 Å². The molecule has 1 aliphatic rings. The van der Waals surface area contributed by atoms with Gasteiger partial charge in [-0.25, -0.2) is 4.39 Å². The molecular formula is C30H39FN2O5. The van der Waals surface area contributed by atoms with Gasteiger partial charge in [-0.2, -0.15) is 0 Å². The molecule has 1 saturated heterocycles. The maximum atomic E-state index is 13.7. The molecule has 2 aromatic rings. The smallest absolute Gasteiger partial charge is 0.326 e. The minimum absolute atomic E-state index is 0.0980. The predicted molar refractivity (Wildman–Crippen MR) is 143 cm³/mol. The van der Waals surface area contributed by atoms with E-state index in [2.05, 4.69) is 5.32 Å². The Hall–Kier alpha value is -3.26. The van der Waals surface area contributed by atoms with Crippen LogP contribution in [0.4, 0.5) is 4.39 Å². The monoisotopic (exact) mass is 526 g/mol. The molecule has 2 aromatic carbocycles. The Kier molecular flexibility index (Phi) is 10.4. The number of hydrogen-bond donors (Lipinski definition) is 1. The fourth-order valence-corrected chi connectivity index (χ4v) is 4.70. The summed E-state index contributed by atoms with van der Waals surface area (Å²) in [5, 5.41) is 3.26. The van der Waals surface area contributed by atoms with Crippen molar-refractivity contribution in [3.8, 4) is 0 Å². The average Bonchev–Trinajstić information content (AvgIpc) is 3.00. The number of esters is 2. The SMILES string of the molecule is CCOC(=O)[C@H](CCc1ccccc1)N[C@@H]1CC[C@@H](c2ccc(F)cc2)CN(CC(=O)OC(C)(C)C)C1=O. The molecule has 0 radical (unpaired) electrons. The van der Waals surface area contributed by atoms with E-state index in [1.807, 2.05) is 30.3 Å². The highest BCUT2D eigenvalue weighted by Gasteiger charge is 2.36. The fourth-order valence-electron chi connectivity index (χ4n) is 4.70. The fraction of sp³-hybridized carbons (Fsp3) is 0.500. The first kappa shape index (κ1) is 29.3. The molecule has 0 aromatic heterocycles. The third-order valence-corrected chi connectivity index (χ3v) is 6.47. The first-order valence-electron chi connectivity index (χ1n) is 13.3. The molecule has 8 heteroatoms. The Morgan fingerprint density at radius 2 is 1.76 bits per heavy atom. The Bertz CT molecular complexity index is 1070. The van der Waals surface area contributed by atoms with Crippen LogP contribution < -0.4 is 5.32 Å². The number of nitrogens with one attached hydrogen (secondary N) is 1. The first-order valence-corrected chi connectivity index (χ1v) is 13.3. The zero-order chi connectivity index (χ0) is 27.7. The Balaban J connectivity index is 1.81. The molecule has 1 amide bonds. The van der Waals surface area contributed by atoms with Gasteiger partial charge in [0.1, 0.15) is 24.0 Å². The van der Waals surface area contributed by atoms with Crippen LogP contribution in [-0.2, 0) is 30.3 Å². The van der Waals surface area contributed by atoms with Crippen molar-refractivity contribution < 1.29 is 28.2 Å². The third kappa shape index (κ3) is 8.94. The van der Waals surface area contributed by atoms with E-state index in [1.165, 1.54) is 17.0 Å². The predicted octanol–water partition coefficient (Wildman–Crippen LogP) is 4.40. The van der Waals surface area contributed by atoms with Gasteiger partial charge >= 0.3 is 11.9 Å². The van der Waals surface area contributed by atoms with Gasteiger partial charge in [0.15, 0.2) is 0 Å². The summed E-state index contributed by atoms with van der Waals surface area (Å²) in [5.41, 5.74) is 1.28. The Morgan fingerprint density at radius 3 is 2.39 bits per heavy atom. The van der Waals surface area contributed by atoms with Crippen molar-refractivity contribution >= 4 is 17.8 Å². The lowest BCUT2D eigenvalue weighted by Gasteiger charge is -2.29. The molecule has 0 spiro atoms. The van der Waals surface area contributed by atoms with Gasteiger partial charge in [-0.15, -0.1) is 0 Å². The molecule has 0 bridgehead atoms. The Labute approximate surface area is 224 Å². The summed E-state index contributed by atoms with van der Waals surface area (Å²) in [6.45, 7) is 7.39. The quantitative estimate of drug-likeness (QED) is 0.462. The molecule has 206 valence electrons. The molecule has 38 heavy (non-hydrogen) atoms. The van der Waals surface area contributed by atoms with E-state index in [1.54, 1.807) is 39.8 Å². The van der Waals surface area contributed by atoms with Crippen molar-refractivity contribution in [1.29, 1.82) is 0 Å². The number of rotatable bonds is 10. The molecule has 1 fully saturated rings. The molecule has 0 saturated carbocycles. The van der Waals surface area contributed by atoms with Gasteiger partial charge in [-0.05, 0) is 76.6 Å². The molecule has 3 atom stereocenters. The largest absolute Gasteiger partial charge is 0.465 e. The molecular weight excluding hydrogens is 487 g/mol. The van der Waals surface area contributed by atoms with Crippen LogP contribution in [0.15, 0.2) is 54.6 Å². The first-order chi connectivity index (χ1) is 18.1. The number of carbonyl (C=O) groups excluding carboxylic acids is 3. The minimum Gasteiger partial charge on any atom is -0.465 e. The number of benzene rings is 2. The highest BCUT2D eigenvalue weighted by Crippen LogP contribution is 2.28. The van der Waals surface area contributed by atoms with Crippen LogP contribution in [0.2, 0.25) is 0 Å². The van der Waals surface area contributed by atoms with E-state index >= 15 is 0 Å². The molecule has 1 aliphatic heterocycles. The van der Waals surface area contributed by atoms with E-state index in [9.17, 15) is 18.8 Å². The zero-order valence-corrected chi connectivity index (χ0v) is 22.7. The second-order valence-corrected chi connectivity index (χ2v) is 10.7. The number of hydrogen-bond acceptors (Lipinski definition) is 6. The van der Waals surface area contributed by atoms with Gasteiger partial charge in [0.05, 0.1) is 12.6 Å². The van der Waals surface area contributed by atoms with Crippen LogP contribution >= 0.6 is 0 Å². The van der Waals surface area contributed by atoms with Gasteiger partial charge in [-0.1, -0.05) is 42.5 Å². The van der Waals surface area contributed by atoms with E-state index < -0.39 is 29.6 Å². The van der Waals surface area contributed by atoms with Crippen LogP contribution in [0.3, 0.4) is 0 Å². The number of nitrogens with zero attached hydrogens (tertiary/aromatic N) is 1. The maximum Gasteiger partial charge on any atom is 0.326 e. The molecule has 7 nitrogen and oxygen atoms in total. The summed E-state index contributed by atoms with van der Waals surface area (Å²) in [5.74, 6) is -1.61. The topological polar surface area (TPSA) is 84.9 Å².